The lowest BCUT2D eigenvalue weighted by Crippen LogP contribution is -2.59. The van der Waals surface area contributed by atoms with Gasteiger partial charge in [0, 0.05) is 12.6 Å². The fourth-order valence-corrected chi connectivity index (χ4v) is 6.77. The van der Waals surface area contributed by atoms with Gasteiger partial charge in [0.1, 0.15) is 17.6 Å². The zero-order valence-corrected chi connectivity index (χ0v) is 22.3. The van der Waals surface area contributed by atoms with Crippen molar-refractivity contribution in [2.75, 3.05) is 19.8 Å². The SMILES string of the molecule is CCCC(C)N1CC=C[C@]23O[C@@]4(C)/C=C\CCCOC(=O)[C@H]4[C@H]2C(=O)N([C@@H](CO)CC(C)C)C3C1=O. The molecule has 2 amide bonds. The summed E-state index contributed by atoms with van der Waals surface area (Å²) < 4.78 is 12.4. The number of likely N-dealkylation sites (tertiary alicyclic amines) is 1. The number of carbonyl (C=O) groups is 3. The molecule has 0 aliphatic carbocycles. The number of esters is 1. The first-order valence-electron chi connectivity index (χ1n) is 13.6. The van der Waals surface area contributed by atoms with E-state index in [2.05, 4.69) is 6.92 Å². The third-order valence-corrected chi connectivity index (χ3v) is 8.31. The summed E-state index contributed by atoms with van der Waals surface area (Å²) >= 11 is 0. The average molecular weight is 503 g/mol. The van der Waals surface area contributed by atoms with Gasteiger partial charge in [-0.1, -0.05) is 51.5 Å². The number of cyclic esters (lactones) is 1. The van der Waals surface area contributed by atoms with E-state index in [1.165, 1.54) is 0 Å². The Bertz CT molecular complexity index is 931. The maximum absolute atomic E-state index is 14.3. The van der Waals surface area contributed by atoms with Gasteiger partial charge in [0.2, 0.25) is 11.8 Å². The molecule has 1 N–H and O–H groups in total. The number of ether oxygens (including phenoxy) is 2. The Morgan fingerprint density at radius 1 is 1.11 bits per heavy atom. The number of hydrogen-bond acceptors (Lipinski definition) is 6. The van der Waals surface area contributed by atoms with Crippen molar-refractivity contribution < 1.29 is 29.0 Å². The largest absolute Gasteiger partial charge is 0.465 e. The maximum atomic E-state index is 14.3. The van der Waals surface area contributed by atoms with Crippen LogP contribution in [0.5, 0.6) is 0 Å². The Labute approximate surface area is 214 Å². The van der Waals surface area contributed by atoms with Crippen molar-refractivity contribution in [1.82, 2.24) is 9.80 Å². The first-order chi connectivity index (χ1) is 17.1. The number of aliphatic hydroxyl groups excluding tert-OH is 1. The third-order valence-electron chi connectivity index (χ3n) is 8.31. The fraction of sp³-hybridized carbons (Fsp3) is 0.750. The van der Waals surface area contributed by atoms with E-state index in [4.69, 9.17) is 9.47 Å². The quantitative estimate of drug-likeness (QED) is 0.425. The zero-order valence-electron chi connectivity index (χ0n) is 22.3. The smallest absolute Gasteiger partial charge is 0.313 e. The molecule has 0 bridgehead atoms. The van der Waals surface area contributed by atoms with Crippen molar-refractivity contribution in [2.24, 2.45) is 17.8 Å². The molecule has 4 rings (SSSR count). The highest BCUT2D eigenvalue weighted by Gasteiger charge is 2.75. The minimum atomic E-state index is -1.32. The number of fused-ring (bicyclic) bond motifs is 2. The minimum absolute atomic E-state index is 0.0185. The van der Waals surface area contributed by atoms with Crippen molar-refractivity contribution in [1.29, 1.82) is 0 Å². The van der Waals surface area contributed by atoms with Crippen LogP contribution in [0.4, 0.5) is 0 Å². The van der Waals surface area contributed by atoms with Crippen molar-refractivity contribution >= 4 is 17.8 Å². The topological polar surface area (TPSA) is 96.4 Å². The molecular formula is C28H42N2O6. The van der Waals surface area contributed by atoms with E-state index < -0.39 is 41.1 Å². The van der Waals surface area contributed by atoms with Crippen molar-refractivity contribution in [3.8, 4) is 0 Å². The average Bonchev–Trinajstić information content (AvgIpc) is 3.17. The highest BCUT2D eigenvalue weighted by Crippen LogP contribution is 2.57. The maximum Gasteiger partial charge on any atom is 0.313 e. The number of allylic oxidation sites excluding steroid dienone is 1. The van der Waals surface area contributed by atoms with Crippen molar-refractivity contribution in [2.45, 2.75) is 96.1 Å². The molecule has 200 valence electrons. The fourth-order valence-electron chi connectivity index (χ4n) is 6.77. The highest BCUT2D eigenvalue weighted by molar-refractivity contribution is 5.99. The molecule has 0 aromatic carbocycles. The lowest BCUT2D eigenvalue weighted by Gasteiger charge is -2.41. The molecule has 2 unspecified atom stereocenters. The van der Waals surface area contributed by atoms with Gasteiger partial charge >= 0.3 is 5.97 Å². The summed E-state index contributed by atoms with van der Waals surface area (Å²) in [5.74, 6) is -2.58. The van der Waals surface area contributed by atoms with Gasteiger partial charge in [-0.25, -0.2) is 0 Å². The summed E-state index contributed by atoms with van der Waals surface area (Å²) in [5.41, 5.74) is -2.41. The third kappa shape index (κ3) is 4.30. The van der Waals surface area contributed by atoms with Crippen LogP contribution in [-0.2, 0) is 23.9 Å². The van der Waals surface area contributed by atoms with E-state index in [0.717, 1.165) is 19.3 Å². The number of carbonyl (C=O) groups excluding carboxylic acids is 3. The molecule has 4 aliphatic rings. The van der Waals surface area contributed by atoms with Crippen LogP contribution in [0.3, 0.4) is 0 Å². The van der Waals surface area contributed by atoms with Gasteiger partial charge in [0.15, 0.2) is 0 Å². The molecular weight excluding hydrogens is 460 g/mol. The predicted molar refractivity (Wildman–Crippen MR) is 135 cm³/mol. The molecule has 8 heteroatoms. The molecule has 8 nitrogen and oxygen atoms in total. The number of aliphatic hydroxyl groups is 1. The standard InChI is InChI=1S/C28H42N2O6/c1-6-11-19(4)29-14-10-13-28-21(22-26(34)35-15-9-7-8-12-27(22,5)36-28)24(32)30(23(28)25(29)33)20(17-31)16-18(2)3/h8,10,12-13,18-23,31H,6-7,9,11,14-17H2,1-5H3/b12-8-/t19?,20-,21+,22-,23?,27+,28+/m1/s1. The summed E-state index contributed by atoms with van der Waals surface area (Å²) in [7, 11) is 0. The lowest BCUT2D eigenvalue weighted by atomic mass is 9.74. The van der Waals surface area contributed by atoms with Crippen LogP contribution < -0.4 is 0 Å². The van der Waals surface area contributed by atoms with Crippen LogP contribution in [0.1, 0.15) is 66.7 Å². The van der Waals surface area contributed by atoms with Crippen LogP contribution in [0.25, 0.3) is 0 Å². The summed E-state index contributed by atoms with van der Waals surface area (Å²) in [5, 5.41) is 10.4. The van der Waals surface area contributed by atoms with E-state index in [0.29, 0.717) is 19.4 Å². The number of nitrogens with zero attached hydrogens (tertiary/aromatic N) is 2. The van der Waals surface area contributed by atoms with Crippen molar-refractivity contribution in [3.63, 3.8) is 0 Å². The first kappa shape index (κ1) is 26.9. The Morgan fingerprint density at radius 2 is 1.86 bits per heavy atom. The molecule has 4 aliphatic heterocycles. The number of amides is 2. The number of rotatable bonds is 7. The van der Waals surface area contributed by atoms with Crippen LogP contribution in [-0.4, -0.2) is 81.8 Å². The highest BCUT2D eigenvalue weighted by atomic mass is 16.6. The Balaban J connectivity index is 1.88. The molecule has 36 heavy (non-hydrogen) atoms. The van der Waals surface area contributed by atoms with E-state index in [1.54, 1.807) is 4.90 Å². The summed E-state index contributed by atoms with van der Waals surface area (Å²) in [4.78, 5) is 45.4. The summed E-state index contributed by atoms with van der Waals surface area (Å²) in [6.45, 7) is 10.4. The molecule has 4 heterocycles. The second-order valence-corrected chi connectivity index (χ2v) is 11.5. The zero-order chi connectivity index (χ0) is 26.3. The second kappa shape index (κ2) is 10.3. The van der Waals surface area contributed by atoms with Gasteiger partial charge in [0.25, 0.3) is 0 Å². The van der Waals surface area contributed by atoms with Crippen LogP contribution >= 0.6 is 0 Å². The van der Waals surface area contributed by atoms with Crippen molar-refractivity contribution in [3.05, 3.63) is 24.3 Å². The monoisotopic (exact) mass is 502 g/mol. The van der Waals surface area contributed by atoms with Gasteiger partial charge < -0.3 is 24.4 Å². The molecule has 0 aromatic heterocycles. The minimum Gasteiger partial charge on any atom is -0.465 e. The van der Waals surface area contributed by atoms with E-state index in [-0.39, 0.29) is 37.0 Å². The summed E-state index contributed by atoms with van der Waals surface area (Å²) in [6.07, 6.45) is 11.4. The van der Waals surface area contributed by atoms with Crippen LogP contribution in [0.2, 0.25) is 0 Å². The van der Waals surface area contributed by atoms with Gasteiger partial charge in [-0.3, -0.25) is 14.4 Å². The van der Waals surface area contributed by atoms with Gasteiger partial charge in [0.05, 0.1) is 30.8 Å². The summed E-state index contributed by atoms with van der Waals surface area (Å²) in [6, 6.07) is -1.53. The molecule has 0 aromatic rings. The van der Waals surface area contributed by atoms with Gasteiger partial charge in [-0.2, -0.15) is 0 Å². The first-order valence-corrected chi connectivity index (χ1v) is 13.6. The molecule has 7 atom stereocenters. The molecule has 0 radical (unpaired) electrons. The van der Waals surface area contributed by atoms with E-state index >= 15 is 0 Å². The predicted octanol–water partition coefficient (Wildman–Crippen LogP) is 2.84. The van der Waals surface area contributed by atoms with E-state index in [9.17, 15) is 19.5 Å². The second-order valence-electron chi connectivity index (χ2n) is 11.5. The lowest BCUT2D eigenvalue weighted by molar-refractivity contribution is -0.162. The Hall–Kier alpha value is -2.19. The van der Waals surface area contributed by atoms with Gasteiger partial charge in [-0.15, -0.1) is 0 Å². The molecule has 2 saturated heterocycles. The van der Waals surface area contributed by atoms with Crippen LogP contribution in [0, 0.1) is 17.8 Å². The van der Waals surface area contributed by atoms with Crippen LogP contribution in [0.15, 0.2) is 24.3 Å². The molecule has 0 saturated carbocycles. The van der Waals surface area contributed by atoms with Gasteiger partial charge in [-0.05, 0) is 45.4 Å². The number of hydrogen-bond donors (Lipinski definition) is 1. The Kier molecular flexibility index (Phi) is 7.68. The normalized spacial score (nSPS) is 36.9. The Morgan fingerprint density at radius 3 is 2.53 bits per heavy atom. The molecule has 2 fully saturated rings. The van der Waals surface area contributed by atoms with E-state index in [1.807, 2.05) is 56.9 Å². The molecule has 1 spiro atoms.